The Balaban J connectivity index is 1.83. The van der Waals surface area contributed by atoms with Gasteiger partial charge in [0.25, 0.3) is 0 Å². The van der Waals surface area contributed by atoms with Gasteiger partial charge in [-0.25, -0.2) is 0 Å². The van der Waals surface area contributed by atoms with Crippen molar-refractivity contribution in [2.24, 2.45) is 0 Å². The highest BCUT2D eigenvalue weighted by Crippen LogP contribution is 2.37. The molecule has 0 saturated carbocycles. The van der Waals surface area contributed by atoms with Crippen molar-refractivity contribution < 1.29 is 53.4 Å². The molecular formula is C25H24O12. The number of hydrogen-bond acceptors (Lipinski definition) is 12. The van der Waals surface area contributed by atoms with Gasteiger partial charge in [0, 0.05) is 31.5 Å². The van der Waals surface area contributed by atoms with E-state index in [-0.39, 0.29) is 33.8 Å². The van der Waals surface area contributed by atoms with Gasteiger partial charge in [-0.3, -0.25) is 14.4 Å². The largest absolute Gasteiger partial charge is 0.508 e. The maximum absolute atomic E-state index is 13.5. The number of aromatic hydroxyl groups is 3. The third-order valence-electron chi connectivity index (χ3n) is 5.64. The lowest BCUT2D eigenvalue weighted by molar-refractivity contribution is -0.276. The molecule has 1 saturated heterocycles. The van der Waals surface area contributed by atoms with E-state index in [2.05, 4.69) is 0 Å². The molecule has 37 heavy (non-hydrogen) atoms. The van der Waals surface area contributed by atoms with E-state index in [4.69, 9.17) is 23.4 Å². The molecule has 5 atom stereocenters. The van der Waals surface area contributed by atoms with Crippen molar-refractivity contribution in [1.29, 1.82) is 0 Å². The highest BCUT2D eigenvalue weighted by atomic mass is 16.7. The first-order valence-electron chi connectivity index (χ1n) is 11.1. The van der Waals surface area contributed by atoms with Gasteiger partial charge in [-0.2, -0.15) is 0 Å². The molecule has 3 aromatic rings. The molecule has 0 radical (unpaired) electrons. The molecule has 1 fully saturated rings. The van der Waals surface area contributed by atoms with E-state index in [1.54, 1.807) is 0 Å². The van der Waals surface area contributed by atoms with Crippen LogP contribution >= 0.6 is 0 Å². The van der Waals surface area contributed by atoms with Crippen molar-refractivity contribution in [3.63, 3.8) is 0 Å². The van der Waals surface area contributed by atoms with Crippen molar-refractivity contribution in [2.45, 2.75) is 51.5 Å². The Morgan fingerprint density at radius 2 is 1.54 bits per heavy atom. The van der Waals surface area contributed by atoms with Gasteiger partial charge in [-0.15, -0.1) is 0 Å². The summed E-state index contributed by atoms with van der Waals surface area (Å²) in [6.45, 7) is 3.73. The molecule has 2 aromatic carbocycles. The molecule has 2 heterocycles. The quantitative estimate of drug-likeness (QED) is 0.362. The molecule has 4 N–H and O–H groups in total. The molecule has 1 aliphatic rings. The molecule has 0 amide bonds. The third-order valence-corrected chi connectivity index (χ3v) is 5.64. The summed E-state index contributed by atoms with van der Waals surface area (Å²) >= 11 is 0. The molecule has 4 rings (SSSR count). The molecule has 0 aliphatic carbocycles. The minimum atomic E-state index is -1.72. The molecule has 1 aliphatic heterocycles. The summed E-state index contributed by atoms with van der Waals surface area (Å²) in [5.41, 5.74) is -0.761. The Labute approximate surface area is 209 Å². The number of benzene rings is 2. The van der Waals surface area contributed by atoms with Crippen LogP contribution in [0.5, 0.6) is 23.0 Å². The maximum Gasteiger partial charge on any atom is 0.303 e. The van der Waals surface area contributed by atoms with Gasteiger partial charge < -0.3 is 43.8 Å². The minimum Gasteiger partial charge on any atom is -0.508 e. The lowest BCUT2D eigenvalue weighted by Crippen LogP contribution is -2.61. The van der Waals surface area contributed by atoms with Gasteiger partial charge in [0.15, 0.2) is 24.1 Å². The predicted octanol–water partition coefficient (Wildman–Crippen LogP) is 1.92. The van der Waals surface area contributed by atoms with Crippen LogP contribution in [0.2, 0.25) is 0 Å². The van der Waals surface area contributed by atoms with Gasteiger partial charge in [-0.1, -0.05) is 0 Å². The molecule has 0 spiro atoms. The summed E-state index contributed by atoms with van der Waals surface area (Å²) in [5, 5.41) is 40.5. The molecule has 12 heteroatoms. The Morgan fingerprint density at radius 3 is 2.16 bits per heavy atom. The van der Waals surface area contributed by atoms with Crippen LogP contribution in [0.3, 0.4) is 0 Å². The van der Waals surface area contributed by atoms with Crippen LogP contribution in [-0.2, 0) is 23.8 Å². The summed E-state index contributed by atoms with van der Waals surface area (Å²) in [5.74, 6) is -3.14. The Bertz CT molecular complexity index is 1390. The van der Waals surface area contributed by atoms with Crippen molar-refractivity contribution >= 4 is 22.9 Å². The van der Waals surface area contributed by atoms with E-state index in [0.717, 1.165) is 26.0 Å². The maximum atomic E-state index is 13.5. The first-order chi connectivity index (χ1) is 17.5. The SMILES string of the molecule is CC(=O)O[C@@H]1[C@@H](OC(C)=O)[C@H](O)[C@H](Oc2c(-c3ccc(O)cc3)oc3cc(O)cc(O)c3c2=O)O[C@H]1C. The number of phenols is 3. The normalized spacial score (nSPS) is 23.4. The van der Waals surface area contributed by atoms with Gasteiger partial charge >= 0.3 is 11.9 Å². The van der Waals surface area contributed by atoms with Crippen molar-refractivity contribution in [3.05, 3.63) is 46.6 Å². The van der Waals surface area contributed by atoms with E-state index in [1.165, 1.54) is 31.2 Å². The first-order valence-corrected chi connectivity index (χ1v) is 11.1. The van der Waals surface area contributed by atoms with Crippen LogP contribution in [0.4, 0.5) is 0 Å². The highest BCUT2D eigenvalue weighted by Gasteiger charge is 2.49. The zero-order valence-electron chi connectivity index (χ0n) is 19.9. The van der Waals surface area contributed by atoms with Crippen molar-refractivity contribution in [3.8, 4) is 34.3 Å². The monoisotopic (exact) mass is 516 g/mol. The first kappa shape index (κ1) is 25.8. The van der Waals surface area contributed by atoms with Crippen LogP contribution in [0.25, 0.3) is 22.3 Å². The van der Waals surface area contributed by atoms with Gasteiger partial charge in [0.2, 0.25) is 17.5 Å². The van der Waals surface area contributed by atoms with Crippen molar-refractivity contribution in [1.82, 2.24) is 0 Å². The minimum absolute atomic E-state index is 0.0646. The summed E-state index contributed by atoms with van der Waals surface area (Å²) in [6, 6.07) is 7.58. The van der Waals surface area contributed by atoms with E-state index in [1.807, 2.05) is 0 Å². The van der Waals surface area contributed by atoms with Crippen LogP contribution in [0.15, 0.2) is 45.6 Å². The Hall–Kier alpha value is -4.29. The molecule has 12 nitrogen and oxygen atoms in total. The fourth-order valence-electron chi connectivity index (χ4n) is 4.06. The lowest BCUT2D eigenvalue weighted by atomic mass is 9.99. The van der Waals surface area contributed by atoms with Gasteiger partial charge in [0.05, 0.1) is 6.10 Å². The van der Waals surface area contributed by atoms with Crippen molar-refractivity contribution in [2.75, 3.05) is 0 Å². The number of aliphatic hydroxyl groups is 1. The number of phenolic OH excluding ortho intramolecular Hbond substituents is 3. The highest BCUT2D eigenvalue weighted by molar-refractivity contribution is 5.88. The zero-order chi connectivity index (χ0) is 27.0. The smallest absolute Gasteiger partial charge is 0.303 e. The number of ether oxygens (including phenoxy) is 4. The van der Waals surface area contributed by atoms with Gasteiger partial charge in [-0.05, 0) is 31.2 Å². The van der Waals surface area contributed by atoms with E-state index >= 15 is 0 Å². The summed E-state index contributed by atoms with van der Waals surface area (Å²) in [6.07, 6.45) is -6.85. The third kappa shape index (κ3) is 5.15. The average Bonchev–Trinajstić information content (AvgIpc) is 2.80. The number of esters is 2. The topological polar surface area (TPSA) is 182 Å². The Morgan fingerprint density at radius 1 is 0.919 bits per heavy atom. The van der Waals surface area contributed by atoms with E-state index in [9.17, 15) is 34.8 Å². The van der Waals surface area contributed by atoms with Crippen LogP contribution in [0, 0.1) is 0 Å². The number of fused-ring (bicyclic) bond motifs is 1. The molecule has 0 unspecified atom stereocenters. The second kappa shape index (κ2) is 9.99. The van der Waals surface area contributed by atoms with E-state index < -0.39 is 59.6 Å². The summed E-state index contributed by atoms with van der Waals surface area (Å²) in [7, 11) is 0. The Kier molecular flexibility index (Phi) is 6.96. The van der Waals surface area contributed by atoms with Crippen LogP contribution in [0.1, 0.15) is 20.8 Å². The molecular weight excluding hydrogens is 492 g/mol. The molecule has 1 aromatic heterocycles. The second-order valence-corrected chi connectivity index (χ2v) is 8.44. The fourth-order valence-corrected chi connectivity index (χ4v) is 4.06. The number of rotatable bonds is 5. The van der Waals surface area contributed by atoms with Crippen LogP contribution < -0.4 is 10.2 Å². The average molecular weight is 516 g/mol. The fraction of sp³-hybridized carbons (Fsp3) is 0.320. The van der Waals surface area contributed by atoms with Crippen LogP contribution in [-0.4, -0.2) is 63.1 Å². The zero-order valence-corrected chi connectivity index (χ0v) is 19.9. The summed E-state index contributed by atoms with van der Waals surface area (Å²) < 4.78 is 27.7. The summed E-state index contributed by atoms with van der Waals surface area (Å²) in [4.78, 5) is 36.8. The molecule has 0 bridgehead atoms. The standard InChI is InChI=1S/C25H24O12/c1-10-21(34-11(2)26)24(35-12(3)27)20(32)25(33-10)37-23-19(31)18-16(30)8-15(29)9-17(18)36-22(23)13-4-6-14(28)7-5-13/h4-10,20-21,24-25,28-30,32H,1-3H3/t10-,20-,21-,24-,25-/m0/s1. The predicted molar refractivity (Wildman–Crippen MR) is 125 cm³/mol. The van der Waals surface area contributed by atoms with E-state index in [0.29, 0.717) is 0 Å². The second-order valence-electron chi connectivity index (χ2n) is 8.44. The number of hydrogen-bond donors (Lipinski definition) is 4. The number of carbonyl (C=O) groups excluding carboxylic acids is 2. The molecule has 196 valence electrons. The number of carbonyl (C=O) groups is 2. The number of aliphatic hydroxyl groups excluding tert-OH is 1. The van der Waals surface area contributed by atoms with Gasteiger partial charge in [0.1, 0.15) is 28.2 Å². The lowest BCUT2D eigenvalue weighted by Gasteiger charge is -2.41.